The van der Waals surface area contributed by atoms with E-state index in [2.05, 4.69) is 23.5 Å². The molecule has 3 aromatic rings. The van der Waals surface area contributed by atoms with Crippen LogP contribution in [0.4, 0.5) is 5.69 Å². The zero-order chi connectivity index (χ0) is 25.7. The number of nitrogens with one attached hydrogen (secondary N) is 1. The van der Waals surface area contributed by atoms with Gasteiger partial charge in [0.05, 0.1) is 23.7 Å². The molecule has 1 aliphatic carbocycles. The van der Waals surface area contributed by atoms with E-state index >= 15 is 0 Å². The molecule has 0 fully saturated rings. The van der Waals surface area contributed by atoms with E-state index in [1.54, 1.807) is 36.4 Å². The number of benzene rings is 3. The molecule has 0 bridgehead atoms. The molecule has 1 amide bonds. The van der Waals surface area contributed by atoms with E-state index in [-0.39, 0.29) is 23.4 Å². The highest BCUT2D eigenvalue weighted by atomic mass is 35.5. The molecule has 36 heavy (non-hydrogen) atoms. The molecule has 1 atom stereocenters. The lowest BCUT2D eigenvalue weighted by molar-refractivity contribution is -0.120. The van der Waals surface area contributed by atoms with Crippen molar-refractivity contribution >= 4 is 33.2 Å². The fraction of sp³-hybridized carbons (Fsp3) is 0.321. The molecule has 4 rings (SSSR count). The van der Waals surface area contributed by atoms with Gasteiger partial charge in [-0.2, -0.15) is 0 Å². The van der Waals surface area contributed by atoms with Crippen molar-refractivity contribution in [1.29, 1.82) is 0 Å². The molecular formula is C28H31ClN2O4S. The SMILES string of the molecule is CCC(NC(=O)CN(c1ccc(Cl)cc1)S(=O)(=O)c1ccc(OC)cc1)c1ccc2c(c1)CCCC2. The molecule has 0 aliphatic heterocycles. The van der Waals surface area contributed by atoms with Crippen molar-refractivity contribution in [3.05, 3.63) is 88.4 Å². The highest BCUT2D eigenvalue weighted by Crippen LogP contribution is 2.28. The van der Waals surface area contributed by atoms with Gasteiger partial charge in [0.2, 0.25) is 5.91 Å². The van der Waals surface area contributed by atoms with E-state index in [9.17, 15) is 13.2 Å². The number of carbonyl (C=O) groups is 1. The normalized spacial score (nSPS) is 14.0. The van der Waals surface area contributed by atoms with Crippen molar-refractivity contribution in [2.24, 2.45) is 0 Å². The van der Waals surface area contributed by atoms with Crippen molar-refractivity contribution < 1.29 is 17.9 Å². The summed E-state index contributed by atoms with van der Waals surface area (Å²) in [4.78, 5) is 13.3. The van der Waals surface area contributed by atoms with Gasteiger partial charge < -0.3 is 10.1 Å². The maximum atomic E-state index is 13.6. The smallest absolute Gasteiger partial charge is 0.264 e. The molecule has 8 heteroatoms. The summed E-state index contributed by atoms with van der Waals surface area (Å²) in [5, 5.41) is 3.53. The van der Waals surface area contributed by atoms with Gasteiger partial charge in [0, 0.05) is 5.02 Å². The first-order valence-electron chi connectivity index (χ1n) is 12.1. The maximum Gasteiger partial charge on any atom is 0.264 e. The Labute approximate surface area is 218 Å². The number of anilines is 1. The maximum absolute atomic E-state index is 13.6. The molecule has 0 spiro atoms. The van der Waals surface area contributed by atoms with Gasteiger partial charge >= 0.3 is 0 Å². The van der Waals surface area contributed by atoms with Gasteiger partial charge in [-0.1, -0.05) is 36.7 Å². The number of methoxy groups -OCH3 is 1. The number of sulfonamides is 1. The molecule has 1 unspecified atom stereocenters. The van der Waals surface area contributed by atoms with Crippen molar-refractivity contribution in [2.75, 3.05) is 18.0 Å². The Morgan fingerprint density at radius 3 is 2.31 bits per heavy atom. The van der Waals surface area contributed by atoms with Crippen LogP contribution < -0.4 is 14.4 Å². The predicted octanol–water partition coefficient (Wildman–Crippen LogP) is 5.69. The quantitative estimate of drug-likeness (QED) is 0.388. The van der Waals surface area contributed by atoms with Gasteiger partial charge in [0.25, 0.3) is 10.0 Å². The predicted molar refractivity (Wildman–Crippen MR) is 143 cm³/mol. The highest BCUT2D eigenvalue weighted by Gasteiger charge is 2.28. The summed E-state index contributed by atoms with van der Waals surface area (Å²) in [7, 11) is -2.52. The molecule has 190 valence electrons. The van der Waals surface area contributed by atoms with Crippen molar-refractivity contribution in [3.8, 4) is 5.75 Å². The average molecular weight is 527 g/mol. The minimum absolute atomic E-state index is 0.0628. The minimum Gasteiger partial charge on any atom is -0.497 e. The van der Waals surface area contributed by atoms with Crippen LogP contribution in [0.3, 0.4) is 0 Å². The third kappa shape index (κ3) is 5.85. The number of hydrogen-bond acceptors (Lipinski definition) is 4. The molecule has 1 N–H and O–H groups in total. The molecule has 0 saturated carbocycles. The van der Waals surface area contributed by atoms with Gasteiger partial charge in [0.15, 0.2) is 0 Å². The Morgan fingerprint density at radius 1 is 1.00 bits per heavy atom. The number of aryl methyl sites for hydroxylation is 2. The number of carbonyl (C=O) groups excluding carboxylic acids is 1. The van der Waals surface area contributed by atoms with Crippen LogP contribution in [0.5, 0.6) is 5.75 Å². The van der Waals surface area contributed by atoms with E-state index < -0.39 is 10.0 Å². The van der Waals surface area contributed by atoms with Crippen molar-refractivity contribution in [1.82, 2.24) is 5.32 Å². The number of fused-ring (bicyclic) bond motifs is 1. The minimum atomic E-state index is -4.03. The zero-order valence-corrected chi connectivity index (χ0v) is 22.1. The van der Waals surface area contributed by atoms with Crippen LogP contribution in [0, 0.1) is 0 Å². The molecule has 0 radical (unpaired) electrons. The first-order valence-corrected chi connectivity index (χ1v) is 14.0. The fourth-order valence-electron chi connectivity index (χ4n) is 4.56. The van der Waals surface area contributed by atoms with E-state index in [1.807, 2.05) is 6.92 Å². The lowest BCUT2D eigenvalue weighted by Gasteiger charge is -2.26. The zero-order valence-electron chi connectivity index (χ0n) is 20.5. The van der Waals surface area contributed by atoms with Crippen LogP contribution in [-0.4, -0.2) is 28.0 Å². The molecule has 0 aromatic heterocycles. The van der Waals surface area contributed by atoms with Gasteiger partial charge in [-0.05, 0) is 97.3 Å². The summed E-state index contributed by atoms with van der Waals surface area (Å²) in [6.45, 7) is 1.65. The van der Waals surface area contributed by atoms with Crippen LogP contribution in [-0.2, 0) is 27.7 Å². The summed E-state index contributed by atoms with van der Waals surface area (Å²) >= 11 is 6.03. The molecule has 0 heterocycles. The summed E-state index contributed by atoms with van der Waals surface area (Å²) in [5.41, 5.74) is 4.12. The Morgan fingerprint density at radius 2 is 1.67 bits per heavy atom. The standard InChI is InChI=1S/C28H31ClN2O4S/c1-3-27(22-9-8-20-6-4-5-7-21(20)18-22)30-28(32)19-31(24-12-10-23(29)11-13-24)36(33,34)26-16-14-25(35-2)15-17-26/h8-18,27H,3-7,19H2,1-2H3,(H,30,32). The van der Waals surface area contributed by atoms with Crippen LogP contribution in [0.25, 0.3) is 0 Å². The lowest BCUT2D eigenvalue weighted by Crippen LogP contribution is -2.42. The monoisotopic (exact) mass is 526 g/mol. The number of amides is 1. The number of hydrogen-bond donors (Lipinski definition) is 1. The molecule has 3 aromatic carbocycles. The molecule has 0 saturated heterocycles. The summed E-state index contributed by atoms with van der Waals surface area (Å²) in [5.74, 6) is 0.159. The highest BCUT2D eigenvalue weighted by molar-refractivity contribution is 7.92. The van der Waals surface area contributed by atoms with Crippen LogP contribution in [0.2, 0.25) is 5.02 Å². The number of halogens is 1. The van der Waals surface area contributed by atoms with Crippen LogP contribution in [0.15, 0.2) is 71.6 Å². The van der Waals surface area contributed by atoms with Gasteiger partial charge in [-0.3, -0.25) is 9.10 Å². The first kappa shape index (κ1) is 26.0. The molecule has 1 aliphatic rings. The number of nitrogens with zero attached hydrogens (tertiary/aromatic N) is 1. The fourth-order valence-corrected chi connectivity index (χ4v) is 6.11. The van der Waals surface area contributed by atoms with Crippen molar-refractivity contribution in [2.45, 2.75) is 50.0 Å². The van der Waals surface area contributed by atoms with E-state index in [0.717, 1.165) is 22.7 Å². The Hall–Kier alpha value is -3.03. The second kappa shape index (κ2) is 11.4. The average Bonchev–Trinajstić information content (AvgIpc) is 2.90. The first-order chi connectivity index (χ1) is 17.3. The van der Waals surface area contributed by atoms with Gasteiger partial charge in [-0.15, -0.1) is 0 Å². The van der Waals surface area contributed by atoms with Gasteiger partial charge in [0.1, 0.15) is 12.3 Å². The van der Waals surface area contributed by atoms with Crippen molar-refractivity contribution in [3.63, 3.8) is 0 Å². The second-order valence-corrected chi connectivity index (χ2v) is 11.2. The van der Waals surface area contributed by atoms with Crippen LogP contribution >= 0.6 is 11.6 Å². The number of ether oxygens (including phenoxy) is 1. The molecule has 6 nitrogen and oxygen atoms in total. The summed E-state index contributed by atoms with van der Waals surface area (Å²) < 4.78 is 33.5. The lowest BCUT2D eigenvalue weighted by atomic mass is 9.89. The van der Waals surface area contributed by atoms with Crippen LogP contribution in [0.1, 0.15) is 48.9 Å². The third-order valence-corrected chi connectivity index (χ3v) is 8.61. The van der Waals surface area contributed by atoms with E-state index in [1.165, 1.54) is 43.2 Å². The second-order valence-electron chi connectivity index (χ2n) is 8.93. The number of rotatable bonds is 9. The topological polar surface area (TPSA) is 75.7 Å². The van der Waals surface area contributed by atoms with E-state index in [0.29, 0.717) is 22.9 Å². The van der Waals surface area contributed by atoms with E-state index in [4.69, 9.17) is 16.3 Å². The molecular weight excluding hydrogens is 496 g/mol. The Balaban J connectivity index is 1.59. The van der Waals surface area contributed by atoms with Gasteiger partial charge in [-0.25, -0.2) is 8.42 Å². The largest absolute Gasteiger partial charge is 0.497 e. The summed E-state index contributed by atoms with van der Waals surface area (Å²) in [6.07, 6.45) is 5.23. The summed E-state index contributed by atoms with van der Waals surface area (Å²) in [6, 6.07) is 18.7. The Kier molecular flexibility index (Phi) is 8.21. The Bertz CT molecular complexity index is 1310. The third-order valence-electron chi connectivity index (χ3n) is 6.57.